The van der Waals surface area contributed by atoms with E-state index in [0.717, 1.165) is 15.1 Å². The first-order valence-electron chi connectivity index (χ1n) is 11.9. The van der Waals surface area contributed by atoms with Crippen molar-refractivity contribution in [3.05, 3.63) is 143 Å². The molecule has 0 fully saturated rings. The van der Waals surface area contributed by atoms with Crippen molar-refractivity contribution < 1.29 is 0 Å². The Bertz CT molecular complexity index is 1530. The van der Waals surface area contributed by atoms with E-state index in [1.807, 2.05) is 12.1 Å². The van der Waals surface area contributed by atoms with E-state index in [1.165, 1.54) is 49.7 Å². The largest absolute Gasteiger partial charge is 0.0843 e. The number of rotatable bonds is 4. The third-order valence-corrected chi connectivity index (χ3v) is 7.39. The lowest BCUT2D eigenvalue weighted by Crippen LogP contribution is -1.97. The molecule has 0 aromatic heterocycles. The average molecular weight is 546 g/mol. The van der Waals surface area contributed by atoms with Gasteiger partial charge in [0.05, 0.1) is 0 Å². The Morgan fingerprint density at radius 2 is 0.722 bits per heavy atom. The SMILES string of the molecule is Clc1ccc(-c2c(-c3ccc(Br)cc3)c(-c3ccccc3)c3ccccc3c2-c2ccccc2)cc1. The molecule has 0 spiro atoms. The summed E-state index contributed by atoms with van der Waals surface area (Å²) in [7, 11) is 0. The van der Waals surface area contributed by atoms with Gasteiger partial charge in [-0.15, -0.1) is 0 Å². The highest BCUT2D eigenvalue weighted by molar-refractivity contribution is 9.10. The highest BCUT2D eigenvalue weighted by atomic mass is 79.9. The van der Waals surface area contributed by atoms with E-state index >= 15 is 0 Å². The van der Waals surface area contributed by atoms with Crippen molar-refractivity contribution in [2.24, 2.45) is 0 Å². The molecule has 0 nitrogen and oxygen atoms in total. The summed E-state index contributed by atoms with van der Waals surface area (Å²) in [6.07, 6.45) is 0. The fraction of sp³-hybridized carbons (Fsp3) is 0. The van der Waals surface area contributed by atoms with Gasteiger partial charge in [0.15, 0.2) is 0 Å². The van der Waals surface area contributed by atoms with Crippen LogP contribution in [0.5, 0.6) is 0 Å². The maximum Gasteiger partial charge on any atom is 0.0406 e. The second-order valence-corrected chi connectivity index (χ2v) is 10.1. The van der Waals surface area contributed by atoms with Gasteiger partial charge in [0, 0.05) is 9.50 Å². The van der Waals surface area contributed by atoms with E-state index in [1.54, 1.807) is 0 Å². The van der Waals surface area contributed by atoms with Crippen molar-refractivity contribution in [3.63, 3.8) is 0 Å². The zero-order valence-corrected chi connectivity index (χ0v) is 21.8. The summed E-state index contributed by atoms with van der Waals surface area (Å²) < 4.78 is 1.06. The van der Waals surface area contributed by atoms with Crippen molar-refractivity contribution >= 4 is 38.3 Å². The molecule has 0 aliphatic rings. The second-order valence-electron chi connectivity index (χ2n) is 8.79. The molecule has 0 atom stereocenters. The van der Waals surface area contributed by atoms with Crippen molar-refractivity contribution in [1.29, 1.82) is 0 Å². The van der Waals surface area contributed by atoms with Crippen LogP contribution in [0.3, 0.4) is 0 Å². The Morgan fingerprint density at radius 1 is 0.361 bits per heavy atom. The molecule has 172 valence electrons. The molecule has 0 aliphatic carbocycles. The van der Waals surface area contributed by atoms with Gasteiger partial charge < -0.3 is 0 Å². The van der Waals surface area contributed by atoms with Crippen molar-refractivity contribution in [2.45, 2.75) is 0 Å². The summed E-state index contributed by atoms with van der Waals surface area (Å²) in [5.41, 5.74) is 9.58. The summed E-state index contributed by atoms with van der Waals surface area (Å²) in [6, 6.07) is 47.0. The first-order chi connectivity index (χ1) is 17.7. The Balaban J connectivity index is 1.88. The highest BCUT2D eigenvalue weighted by Crippen LogP contribution is 2.50. The lowest BCUT2D eigenvalue weighted by Gasteiger charge is -2.24. The smallest absolute Gasteiger partial charge is 0.0406 e. The lowest BCUT2D eigenvalue weighted by atomic mass is 9.79. The van der Waals surface area contributed by atoms with Gasteiger partial charge in [-0.2, -0.15) is 0 Å². The van der Waals surface area contributed by atoms with Crippen LogP contribution in [0.1, 0.15) is 0 Å². The lowest BCUT2D eigenvalue weighted by molar-refractivity contribution is 1.56. The third kappa shape index (κ3) is 4.15. The number of fused-ring (bicyclic) bond motifs is 1. The van der Waals surface area contributed by atoms with Crippen LogP contribution in [0.4, 0.5) is 0 Å². The Kier molecular flexibility index (Phi) is 6.19. The van der Waals surface area contributed by atoms with Gasteiger partial charge in [0.1, 0.15) is 0 Å². The number of hydrogen-bond acceptors (Lipinski definition) is 0. The standard InChI is InChI=1S/C34H22BrCl/c35-27-19-15-25(16-20-27)33-31(23-9-3-1-4-10-23)29-13-7-8-14-30(29)32(24-11-5-2-6-12-24)34(33)26-17-21-28(36)22-18-26/h1-22H. The molecule has 0 heterocycles. The monoisotopic (exact) mass is 544 g/mol. The number of benzene rings is 6. The summed E-state index contributed by atoms with van der Waals surface area (Å²) >= 11 is 9.98. The minimum absolute atomic E-state index is 0.731. The Morgan fingerprint density at radius 3 is 1.17 bits per heavy atom. The minimum atomic E-state index is 0.731. The summed E-state index contributed by atoms with van der Waals surface area (Å²) in [5, 5.41) is 3.20. The molecule has 0 radical (unpaired) electrons. The van der Waals surface area contributed by atoms with Gasteiger partial charge >= 0.3 is 0 Å². The van der Waals surface area contributed by atoms with E-state index in [4.69, 9.17) is 11.6 Å². The molecule has 6 aromatic carbocycles. The summed E-state index contributed by atoms with van der Waals surface area (Å²) in [5.74, 6) is 0. The Labute approximate surface area is 225 Å². The molecule has 0 saturated carbocycles. The zero-order chi connectivity index (χ0) is 24.5. The predicted octanol–water partition coefficient (Wildman–Crippen LogP) is 10.9. The topological polar surface area (TPSA) is 0 Å². The van der Waals surface area contributed by atoms with Crippen LogP contribution < -0.4 is 0 Å². The molecular weight excluding hydrogens is 524 g/mol. The molecule has 6 rings (SSSR count). The minimum Gasteiger partial charge on any atom is -0.0843 e. The summed E-state index contributed by atoms with van der Waals surface area (Å²) in [4.78, 5) is 0. The molecule has 0 bridgehead atoms. The molecular formula is C34H22BrCl. The first kappa shape index (κ1) is 22.8. The van der Waals surface area contributed by atoms with E-state index in [2.05, 4.69) is 137 Å². The van der Waals surface area contributed by atoms with Gasteiger partial charge in [0.25, 0.3) is 0 Å². The third-order valence-electron chi connectivity index (χ3n) is 6.61. The zero-order valence-electron chi connectivity index (χ0n) is 19.5. The van der Waals surface area contributed by atoms with Gasteiger partial charge in [-0.1, -0.05) is 137 Å². The van der Waals surface area contributed by atoms with Gasteiger partial charge in [0.2, 0.25) is 0 Å². The Hall–Kier alpha value is -3.65. The van der Waals surface area contributed by atoms with E-state index in [9.17, 15) is 0 Å². The molecule has 0 amide bonds. The molecule has 0 N–H and O–H groups in total. The fourth-order valence-corrected chi connectivity index (χ4v) is 5.45. The maximum atomic E-state index is 6.35. The van der Waals surface area contributed by atoms with Crippen LogP contribution in [0, 0.1) is 0 Å². The van der Waals surface area contributed by atoms with Crippen LogP contribution in [0.2, 0.25) is 5.02 Å². The molecule has 36 heavy (non-hydrogen) atoms. The van der Waals surface area contributed by atoms with E-state index in [-0.39, 0.29) is 0 Å². The predicted molar refractivity (Wildman–Crippen MR) is 158 cm³/mol. The van der Waals surface area contributed by atoms with Crippen molar-refractivity contribution in [1.82, 2.24) is 0 Å². The molecule has 0 aliphatic heterocycles. The molecule has 2 heteroatoms. The van der Waals surface area contributed by atoms with E-state index < -0.39 is 0 Å². The summed E-state index contributed by atoms with van der Waals surface area (Å²) in [6.45, 7) is 0. The maximum absolute atomic E-state index is 6.35. The van der Waals surface area contributed by atoms with Gasteiger partial charge in [-0.3, -0.25) is 0 Å². The van der Waals surface area contributed by atoms with E-state index in [0.29, 0.717) is 0 Å². The fourth-order valence-electron chi connectivity index (χ4n) is 5.06. The van der Waals surface area contributed by atoms with Crippen molar-refractivity contribution in [3.8, 4) is 44.5 Å². The number of halogens is 2. The van der Waals surface area contributed by atoms with Crippen LogP contribution in [-0.4, -0.2) is 0 Å². The number of hydrogen-bond donors (Lipinski definition) is 0. The molecule has 0 unspecified atom stereocenters. The quantitative estimate of drug-likeness (QED) is 0.207. The highest BCUT2D eigenvalue weighted by Gasteiger charge is 2.23. The second kappa shape index (κ2) is 9.78. The van der Waals surface area contributed by atoms with Crippen LogP contribution in [0.25, 0.3) is 55.3 Å². The first-order valence-corrected chi connectivity index (χ1v) is 13.1. The van der Waals surface area contributed by atoms with Crippen LogP contribution in [-0.2, 0) is 0 Å². The van der Waals surface area contributed by atoms with Crippen LogP contribution >= 0.6 is 27.5 Å². The van der Waals surface area contributed by atoms with Crippen molar-refractivity contribution in [2.75, 3.05) is 0 Å². The normalized spacial score (nSPS) is 11.1. The van der Waals surface area contributed by atoms with Gasteiger partial charge in [-0.05, 0) is 79.5 Å². The molecule has 0 saturated heterocycles. The van der Waals surface area contributed by atoms with Gasteiger partial charge in [-0.25, -0.2) is 0 Å². The van der Waals surface area contributed by atoms with Crippen LogP contribution in [0.15, 0.2) is 138 Å². The average Bonchev–Trinajstić information content (AvgIpc) is 2.94. The molecule has 6 aromatic rings.